The van der Waals surface area contributed by atoms with E-state index in [1.807, 2.05) is 42.2 Å². The lowest BCUT2D eigenvalue weighted by Crippen LogP contribution is -2.51. The van der Waals surface area contributed by atoms with Crippen LogP contribution in [0, 0.1) is 6.92 Å². The number of hydrogen-bond donors (Lipinski definition) is 1. The minimum Gasteiger partial charge on any atom is -0.485 e. The molecule has 7 aromatic rings. The predicted octanol–water partition coefficient (Wildman–Crippen LogP) is 5.72. The highest BCUT2D eigenvalue weighted by Gasteiger charge is 2.33. The fraction of sp³-hybridized carbons (Fsp3) is 0.250. The van der Waals surface area contributed by atoms with E-state index in [-0.39, 0.29) is 84.6 Å². The number of amides is 2. The number of aryl methyl sites for hydroxylation is 1. The van der Waals surface area contributed by atoms with Crippen molar-refractivity contribution in [2.75, 3.05) is 36.4 Å². The summed E-state index contributed by atoms with van der Waals surface area (Å²) in [5, 5.41) is 6.91. The molecule has 59 heavy (non-hydrogen) atoms. The van der Waals surface area contributed by atoms with E-state index >= 15 is 0 Å². The number of carbonyl (C=O) groups excluding carboxylic acids is 2. The van der Waals surface area contributed by atoms with E-state index in [1.54, 1.807) is 51.5 Å². The van der Waals surface area contributed by atoms with E-state index in [4.69, 9.17) is 21.3 Å². The molecule has 19 heteroatoms. The Kier molecular flexibility index (Phi) is 10.5. The monoisotopic (exact) mass is 825 g/mol. The van der Waals surface area contributed by atoms with Gasteiger partial charge in [-0.1, -0.05) is 48.9 Å². The highest BCUT2D eigenvalue weighted by atomic mass is 35.5. The topological polar surface area (TPSA) is 157 Å². The summed E-state index contributed by atoms with van der Waals surface area (Å²) in [4.78, 5) is 63.1. The number of alkyl halides is 3. The molecule has 302 valence electrons. The summed E-state index contributed by atoms with van der Waals surface area (Å²) in [6.07, 6.45) is 2.14. The second kappa shape index (κ2) is 15.8. The van der Waals surface area contributed by atoms with Gasteiger partial charge in [-0.05, 0) is 49.2 Å². The molecule has 1 saturated heterocycles. The largest absolute Gasteiger partial charge is 0.485 e. The van der Waals surface area contributed by atoms with Gasteiger partial charge in [-0.3, -0.25) is 14.4 Å². The maximum absolute atomic E-state index is 14.5. The number of fused-ring (bicyclic) bond motifs is 2. The van der Waals surface area contributed by atoms with E-state index < -0.39 is 29.8 Å². The van der Waals surface area contributed by atoms with Gasteiger partial charge in [0, 0.05) is 50.3 Å². The molecule has 5 aromatic heterocycles. The smallest absolute Gasteiger partial charge is 0.416 e. The third-order valence-corrected chi connectivity index (χ3v) is 10.3. The number of benzene rings is 2. The molecule has 15 nitrogen and oxygen atoms in total. The van der Waals surface area contributed by atoms with Crippen molar-refractivity contribution in [2.24, 2.45) is 0 Å². The van der Waals surface area contributed by atoms with Gasteiger partial charge in [0.15, 0.2) is 17.3 Å². The van der Waals surface area contributed by atoms with Crippen molar-refractivity contribution in [3.8, 4) is 17.1 Å². The predicted molar refractivity (Wildman–Crippen MR) is 212 cm³/mol. The van der Waals surface area contributed by atoms with E-state index in [0.29, 0.717) is 22.6 Å². The number of piperazine rings is 1. The number of anilines is 2. The van der Waals surface area contributed by atoms with Gasteiger partial charge >= 0.3 is 6.18 Å². The third-order valence-electron chi connectivity index (χ3n) is 9.97. The van der Waals surface area contributed by atoms with Crippen molar-refractivity contribution in [3.63, 3.8) is 0 Å². The molecule has 0 atom stereocenters. The van der Waals surface area contributed by atoms with Crippen molar-refractivity contribution >= 4 is 46.2 Å². The van der Waals surface area contributed by atoms with Crippen LogP contribution >= 0.6 is 11.6 Å². The Morgan fingerprint density at radius 2 is 1.76 bits per heavy atom. The number of rotatable bonds is 10. The number of halogens is 4. The van der Waals surface area contributed by atoms with E-state index in [2.05, 4.69) is 25.4 Å². The first-order valence-electron chi connectivity index (χ1n) is 18.5. The molecule has 1 fully saturated rings. The number of carbonyl (C=O) groups is 2. The van der Waals surface area contributed by atoms with E-state index in [9.17, 15) is 27.6 Å². The second-order valence-electron chi connectivity index (χ2n) is 13.7. The summed E-state index contributed by atoms with van der Waals surface area (Å²) in [5.74, 6) is -0.423. The fourth-order valence-electron chi connectivity index (χ4n) is 7.03. The number of pyridine rings is 1. The van der Waals surface area contributed by atoms with Crippen LogP contribution in [-0.2, 0) is 30.5 Å². The number of ether oxygens (including phenoxy) is 1. The lowest BCUT2D eigenvalue weighted by atomic mass is 10.2. The van der Waals surface area contributed by atoms with Gasteiger partial charge < -0.3 is 28.8 Å². The zero-order valence-electron chi connectivity index (χ0n) is 31.6. The van der Waals surface area contributed by atoms with Crippen LogP contribution in [0.1, 0.15) is 39.9 Å². The molecule has 0 bridgehead atoms. The molecular formula is C40H35ClF3N11O4. The average Bonchev–Trinajstić information content (AvgIpc) is 3.90. The quantitative estimate of drug-likeness (QED) is 0.181. The molecule has 0 spiro atoms. The van der Waals surface area contributed by atoms with Crippen LogP contribution in [0.2, 0.25) is 5.02 Å². The maximum Gasteiger partial charge on any atom is 0.416 e. The molecule has 0 saturated carbocycles. The minimum absolute atomic E-state index is 0.0240. The number of hydrogen-bond acceptors (Lipinski definition) is 10. The first-order chi connectivity index (χ1) is 28.4. The number of aromatic nitrogens is 8. The van der Waals surface area contributed by atoms with Crippen LogP contribution in [0.25, 0.3) is 22.8 Å². The van der Waals surface area contributed by atoms with Crippen molar-refractivity contribution < 1.29 is 27.5 Å². The number of imidazole rings is 1. The summed E-state index contributed by atoms with van der Waals surface area (Å²) < 4.78 is 50.5. The molecule has 0 radical (unpaired) electrons. The van der Waals surface area contributed by atoms with E-state index in [0.717, 1.165) is 28.3 Å². The molecule has 1 aliphatic rings. The van der Waals surface area contributed by atoms with Crippen LogP contribution in [0.15, 0.2) is 90.4 Å². The summed E-state index contributed by atoms with van der Waals surface area (Å²) in [7, 11) is 0. The Hall–Kier alpha value is -6.82. The molecule has 1 N–H and O–H groups in total. The van der Waals surface area contributed by atoms with Crippen molar-refractivity contribution in [3.05, 3.63) is 129 Å². The second-order valence-corrected chi connectivity index (χ2v) is 14.1. The Morgan fingerprint density at radius 3 is 2.49 bits per heavy atom. The molecule has 2 aromatic carbocycles. The average molecular weight is 826 g/mol. The molecule has 1 aliphatic heterocycles. The number of nitrogens with one attached hydrogen (secondary N) is 1. The molecule has 2 amide bonds. The highest BCUT2D eigenvalue weighted by Crippen LogP contribution is 2.34. The summed E-state index contributed by atoms with van der Waals surface area (Å²) in [6.45, 7) is 4.33. The summed E-state index contributed by atoms with van der Waals surface area (Å²) >= 11 is 6.17. The minimum atomic E-state index is -4.62. The van der Waals surface area contributed by atoms with Crippen LogP contribution in [0.3, 0.4) is 0 Å². The van der Waals surface area contributed by atoms with Crippen molar-refractivity contribution in [1.29, 1.82) is 0 Å². The molecular weight excluding hydrogens is 791 g/mol. The Bertz CT molecular complexity index is 2780. The van der Waals surface area contributed by atoms with Gasteiger partial charge in [0.25, 0.3) is 11.5 Å². The first kappa shape index (κ1) is 39.0. The first-order valence-corrected chi connectivity index (χ1v) is 18.9. The van der Waals surface area contributed by atoms with Crippen molar-refractivity contribution in [1.82, 2.24) is 43.4 Å². The zero-order valence-corrected chi connectivity index (χ0v) is 32.4. The summed E-state index contributed by atoms with van der Waals surface area (Å²) in [6, 6.07) is 15.7. The fourth-order valence-corrected chi connectivity index (χ4v) is 7.26. The van der Waals surface area contributed by atoms with Crippen LogP contribution in [-0.4, -0.2) is 81.4 Å². The van der Waals surface area contributed by atoms with Gasteiger partial charge in [0.05, 0.1) is 27.7 Å². The third kappa shape index (κ3) is 7.77. The highest BCUT2D eigenvalue weighted by molar-refractivity contribution is 6.33. The Morgan fingerprint density at radius 1 is 0.983 bits per heavy atom. The van der Waals surface area contributed by atoms with Crippen LogP contribution in [0.5, 0.6) is 5.75 Å². The SMILES string of the molecule is CCc1c(N2CCN(C(=O)c3ncnc(C)c3OCc3ccccc3)CC2)c(=O)n2nc(-c3ccc4nccn4c3)nc2n1CC(=O)Nc1ccc(C(F)(F)F)cc1Cl. The van der Waals surface area contributed by atoms with Gasteiger partial charge in [-0.25, -0.2) is 15.0 Å². The molecule has 6 heterocycles. The Balaban J connectivity index is 1.11. The van der Waals surface area contributed by atoms with Crippen LogP contribution in [0.4, 0.5) is 24.5 Å². The van der Waals surface area contributed by atoms with Gasteiger partial charge in [0.2, 0.25) is 11.7 Å². The number of nitrogens with zero attached hydrogens (tertiary/aromatic N) is 10. The molecule has 0 aliphatic carbocycles. The lowest BCUT2D eigenvalue weighted by Gasteiger charge is -2.36. The van der Waals surface area contributed by atoms with Gasteiger partial charge in [0.1, 0.15) is 30.8 Å². The normalized spacial score (nSPS) is 13.3. The van der Waals surface area contributed by atoms with E-state index in [1.165, 1.54) is 6.33 Å². The van der Waals surface area contributed by atoms with Gasteiger partial charge in [-0.2, -0.15) is 22.7 Å². The standard InChI is InChI=1S/C40H35ClF3N11O4/c1-3-30-34(51-15-17-52(18-16-51)37(57)33-35(24(2)46-23-47-33)59-22-25-7-5-4-6-8-25)38(58)55-39(49-36(50-55)26-9-12-31-45-13-14-53(31)20-26)54(30)21-32(56)48-29-11-10-27(19-28(29)41)40(42,43)44/h4-14,19-20,23H,3,15-18,21-22H2,1-2H3,(H,48,56). The van der Waals surface area contributed by atoms with Gasteiger partial charge in [-0.15, -0.1) is 5.10 Å². The Labute approximate surface area is 338 Å². The zero-order chi connectivity index (χ0) is 41.4. The molecule has 8 rings (SSSR count). The van der Waals surface area contributed by atoms with Crippen LogP contribution < -0.4 is 20.5 Å². The molecule has 0 unspecified atom stereocenters. The van der Waals surface area contributed by atoms with Crippen molar-refractivity contribution in [2.45, 2.75) is 39.6 Å². The summed E-state index contributed by atoms with van der Waals surface area (Å²) in [5.41, 5.74) is 2.08. The lowest BCUT2D eigenvalue weighted by molar-refractivity contribution is -0.137. The maximum atomic E-state index is 14.5.